The molecule has 7 nitrogen and oxygen atoms in total. The molecule has 0 bridgehead atoms. The molecule has 0 spiro atoms. The lowest BCUT2D eigenvalue weighted by Crippen LogP contribution is -2.10. The zero-order valence-corrected chi connectivity index (χ0v) is 16.8. The van der Waals surface area contributed by atoms with Gasteiger partial charge in [-0.3, -0.25) is 14.4 Å². The topological polar surface area (TPSA) is 85.9 Å². The van der Waals surface area contributed by atoms with Crippen molar-refractivity contribution in [2.75, 3.05) is 0 Å². The number of aliphatic imine (C=N–C) groups is 1. The predicted molar refractivity (Wildman–Crippen MR) is 104 cm³/mol. The first kappa shape index (κ1) is 17.7. The molecule has 4 rings (SSSR count). The second-order valence-electron chi connectivity index (χ2n) is 6.82. The molecule has 1 aliphatic rings. The van der Waals surface area contributed by atoms with Crippen LogP contribution < -0.4 is 0 Å². The van der Waals surface area contributed by atoms with Gasteiger partial charge in [-0.05, 0) is 40.2 Å². The SMILES string of the molecule is CC(=O)C[C@@H]1N=C(c2cnc(C)nc2)c2c(sc(C)c2C)-n2c(C)nnc21. The van der Waals surface area contributed by atoms with Crippen LogP contribution in [0.5, 0.6) is 0 Å². The lowest BCUT2D eigenvalue weighted by atomic mass is 10.0. The number of fused-ring (bicyclic) bond motifs is 3. The van der Waals surface area contributed by atoms with Crippen molar-refractivity contribution >= 4 is 22.8 Å². The molecule has 0 unspecified atom stereocenters. The lowest BCUT2D eigenvalue weighted by Gasteiger charge is -2.10. The third kappa shape index (κ3) is 2.90. The Hall–Kier alpha value is -2.74. The molecule has 0 radical (unpaired) electrons. The first-order chi connectivity index (χ1) is 12.9. The third-order valence-corrected chi connectivity index (χ3v) is 5.97. The number of ketones is 1. The van der Waals surface area contributed by atoms with Crippen LogP contribution in [0, 0.1) is 27.7 Å². The van der Waals surface area contributed by atoms with Crippen LogP contribution in [0.3, 0.4) is 0 Å². The van der Waals surface area contributed by atoms with Gasteiger partial charge < -0.3 is 0 Å². The Morgan fingerprint density at radius 3 is 2.52 bits per heavy atom. The average Bonchev–Trinajstić information content (AvgIpc) is 3.08. The van der Waals surface area contributed by atoms with E-state index in [0.29, 0.717) is 11.6 Å². The summed E-state index contributed by atoms with van der Waals surface area (Å²) in [6, 6.07) is -0.390. The molecule has 0 saturated carbocycles. The number of aryl methyl sites for hydroxylation is 3. The van der Waals surface area contributed by atoms with Gasteiger partial charge in [0.1, 0.15) is 28.5 Å². The molecular formula is C19H20N6OS. The summed E-state index contributed by atoms with van der Waals surface area (Å²) in [5.41, 5.74) is 3.85. The van der Waals surface area contributed by atoms with E-state index in [4.69, 9.17) is 4.99 Å². The molecule has 138 valence electrons. The zero-order valence-electron chi connectivity index (χ0n) is 15.9. The van der Waals surface area contributed by atoms with Gasteiger partial charge in [0.05, 0.1) is 5.71 Å². The summed E-state index contributed by atoms with van der Waals surface area (Å²) in [7, 11) is 0. The van der Waals surface area contributed by atoms with E-state index in [1.54, 1.807) is 30.7 Å². The van der Waals surface area contributed by atoms with Crippen molar-refractivity contribution in [2.24, 2.45) is 4.99 Å². The maximum Gasteiger partial charge on any atom is 0.163 e. The summed E-state index contributed by atoms with van der Waals surface area (Å²) < 4.78 is 2.04. The molecule has 0 saturated heterocycles. The fourth-order valence-corrected chi connectivity index (χ4v) is 4.53. The van der Waals surface area contributed by atoms with Crippen molar-refractivity contribution in [3.63, 3.8) is 0 Å². The molecule has 0 aromatic carbocycles. The number of thiophene rings is 1. The molecule has 0 aliphatic carbocycles. The minimum Gasteiger partial charge on any atom is -0.300 e. The molecule has 27 heavy (non-hydrogen) atoms. The van der Waals surface area contributed by atoms with Gasteiger partial charge in [0.15, 0.2) is 5.82 Å². The zero-order chi connectivity index (χ0) is 19.3. The van der Waals surface area contributed by atoms with E-state index in [9.17, 15) is 4.79 Å². The van der Waals surface area contributed by atoms with Crippen molar-refractivity contribution in [1.29, 1.82) is 0 Å². The number of hydrogen-bond donors (Lipinski definition) is 0. The monoisotopic (exact) mass is 380 g/mol. The number of Topliss-reactive ketones (excluding diaryl/α,β-unsaturated/α-hetero) is 1. The normalized spacial score (nSPS) is 15.7. The third-order valence-electron chi connectivity index (χ3n) is 4.77. The highest BCUT2D eigenvalue weighted by Crippen LogP contribution is 2.39. The van der Waals surface area contributed by atoms with Crippen molar-refractivity contribution in [3.8, 4) is 5.00 Å². The number of nitrogens with zero attached hydrogens (tertiary/aromatic N) is 6. The van der Waals surface area contributed by atoms with Crippen LogP contribution in [0.1, 0.15) is 58.4 Å². The highest BCUT2D eigenvalue weighted by atomic mass is 32.1. The van der Waals surface area contributed by atoms with Crippen molar-refractivity contribution < 1.29 is 4.79 Å². The molecular weight excluding hydrogens is 360 g/mol. The maximum atomic E-state index is 11.9. The summed E-state index contributed by atoms with van der Waals surface area (Å²) in [6.45, 7) is 9.56. The Labute approximate surface area is 161 Å². The van der Waals surface area contributed by atoms with E-state index < -0.39 is 0 Å². The Balaban J connectivity index is 2.04. The highest BCUT2D eigenvalue weighted by molar-refractivity contribution is 7.15. The van der Waals surface area contributed by atoms with E-state index in [1.165, 1.54) is 4.88 Å². The molecule has 3 aromatic rings. The average molecular weight is 380 g/mol. The highest BCUT2D eigenvalue weighted by Gasteiger charge is 2.31. The second-order valence-corrected chi connectivity index (χ2v) is 8.03. The minimum atomic E-state index is -0.390. The molecule has 1 atom stereocenters. The van der Waals surface area contributed by atoms with Crippen LogP contribution in [-0.4, -0.2) is 36.2 Å². The minimum absolute atomic E-state index is 0.0635. The first-order valence-corrected chi connectivity index (χ1v) is 9.57. The van der Waals surface area contributed by atoms with Crippen LogP contribution in [-0.2, 0) is 4.79 Å². The smallest absolute Gasteiger partial charge is 0.163 e. The summed E-state index contributed by atoms with van der Waals surface area (Å²) in [4.78, 5) is 26.8. The maximum absolute atomic E-state index is 11.9. The Morgan fingerprint density at radius 2 is 1.85 bits per heavy atom. The molecule has 8 heteroatoms. The Morgan fingerprint density at radius 1 is 1.15 bits per heavy atom. The van der Waals surface area contributed by atoms with E-state index in [0.717, 1.165) is 33.2 Å². The van der Waals surface area contributed by atoms with Gasteiger partial charge in [-0.1, -0.05) is 0 Å². The standard InChI is InChI=1S/C19H20N6OS/c1-9(26)6-15-18-24-23-13(5)25(18)19-16(10(2)11(3)27-19)17(22-15)14-7-20-12(4)21-8-14/h7-8,15H,6H2,1-5H3/t15-/m0/s1. The van der Waals surface area contributed by atoms with Gasteiger partial charge >= 0.3 is 0 Å². The molecule has 1 aliphatic heterocycles. The quantitative estimate of drug-likeness (QED) is 0.696. The lowest BCUT2D eigenvalue weighted by molar-refractivity contribution is -0.117. The Kier molecular flexibility index (Phi) is 4.22. The molecule has 3 aromatic heterocycles. The second kappa shape index (κ2) is 6.45. The van der Waals surface area contributed by atoms with Crippen LogP contribution in [0.15, 0.2) is 17.4 Å². The summed E-state index contributed by atoms with van der Waals surface area (Å²) in [5.74, 6) is 2.26. The summed E-state index contributed by atoms with van der Waals surface area (Å²) in [5, 5.41) is 9.65. The van der Waals surface area contributed by atoms with Crippen LogP contribution >= 0.6 is 11.3 Å². The Bertz CT molecular complexity index is 1080. The van der Waals surface area contributed by atoms with Crippen LogP contribution in [0.4, 0.5) is 0 Å². The molecule has 0 amide bonds. The largest absolute Gasteiger partial charge is 0.300 e. The molecule has 0 N–H and O–H groups in total. The number of rotatable bonds is 3. The predicted octanol–water partition coefficient (Wildman–Crippen LogP) is 3.22. The fourth-order valence-electron chi connectivity index (χ4n) is 3.31. The van der Waals surface area contributed by atoms with Crippen molar-refractivity contribution in [3.05, 3.63) is 51.4 Å². The first-order valence-electron chi connectivity index (χ1n) is 8.75. The van der Waals surface area contributed by atoms with E-state index in [2.05, 4.69) is 34.0 Å². The summed E-state index contributed by atoms with van der Waals surface area (Å²) >= 11 is 1.69. The van der Waals surface area contributed by atoms with Gasteiger partial charge in [-0.2, -0.15) is 0 Å². The van der Waals surface area contributed by atoms with Gasteiger partial charge in [-0.15, -0.1) is 21.5 Å². The number of aromatic nitrogens is 5. The van der Waals surface area contributed by atoms with E-state index >= 15 is 0 Å². The van der Waals surface area contributed by atoms with Gasteiger partial charge in [0, 0.05) is 34.8 Å². The van der Waals surface area contributed by atoms with Gasteiger partial charge in [-0.25, -0.2) is 9.97 Å². The number of carbonyl (C=O) groups is 1. The van der Waals surface area contributed by atoms with Gasteiger partial charge in [0.25, 0.3) is 0 Å². The van der Waals surface area contributed by atoms with E-state index in [-0.39, 0.29) is 18.2 Å². The number of hydrogen-bond acceptors (Lipinski definition) is 7. The molecule has 0 fully saturated rings. The van der Waals surface area contributed by atoms with Gasteiger partial charge in [0.2, 0.25) is 0 Å². The van der Waals surface area contributed by atoms with Crippen LogP contribution in [0.2, 0.25) is 0 Å². The van der Waals surface area contributed by atoms with Crippen molar-refractivity contribution in [2.45, 2.75) is 47.1 Å². The van der Waals surface area contributed by atoms with E-state index in [1.807, 2.05) is 18.4 Å². The fraction of sp³-hybridized carbons (Fsp3) is 0.368. The molecule has 4 heterocycles. The summed E-state index contributed by atoms with van der Waals surface area (Å²) in [6.07, 6.45) is 3.87. The van der Waals surface area contributed by atoms with Crippen molar-refractivity contribution in [1.82, 2.24) is 24.7 Å². The van der Waals surface area contributed by atoms with Crippen LogP contribution in [0.25, 0.3) is 5.00 Å². The number of carbonyl (C=O) groups excluding carboxylic acids is 1.